The molecule has 1 aliphatic heterocycles. The number of aliphatic hydroxyl groups excluding tert-OH is 1. The molecule has 0 aliphatic carbocycles. The first-order chi connectivity index (χ1) is 20.4. The van der Waals surface area contributed by atoms with Crippen LogP contribution in [0.25, 0.3) is 21.9 Å². The van der Waals surface area contributed by atoms with Gasteiger partial charge >= 0.3 is 13.7 Å². The van der Waals surface area contributed by atoms with Crippen molar-refractivity contribution in [2.45, 2.75) is 63.9 Å². The highest BCUT2D eigenvalue weighted by molar-refractivity contribution is 7.52. The van der Waals surface area contributed by atoms with E-state index < -0.39 is 56.6 Å². The van der Waals surface area contributed by atoms with Gasteiger partial charge in [0.2, 0.25) is 0 Å². The second kappa shape index (κ2) is 12.1. The highest BCUT2D eigenvalue weighted by atomic mass is 31.2. The number of rotatable bonds is 11. The number of hydrogen-bond acceptors (Lipinski definition) is 11. The number of nitrogens with one attached hydrogen (secondary N) is 2. The van der Waals surface area contributed by atoms with Crippen LogP contribution in [0.15, 0.2) is 55.1 Å². The number of anilines is 1. The molecule has 43 heavy (non-hydrogen) atoms. The lowest BCUT2D eigenvalue weighted by Gasteiger charge is -2.26. The Hall–Kier alpha value is -3.68. The van der Waals surface area contributed by atoms with E-state index in [1.54, 1.807) is 45.2 Å². The molecular formula is C28H34FN6O7P. The van der Waals surface area contributed by atoms with Gasteiger partial charge in [0.15, 0.2) is 23.4 Å². The summed E-state index contributed by atoms with van der Waals surface area (Å²) in [4.78, 5) is 25.2. The van der Waals surface area contributed by atoms with Crippen molar-refractivity contribution in [2.24, 2.45) is 0 Å². The summed E-state index contributed by atoms with van der Waals surface area (Å²) in [5.74, 6) is -0.0152. The van der Waals surface area contributed by atoms with Crippen molar-refractivity contribution in [2.75, 3.05) is 19.0 Å². The predicted octanol–water partition coefficient (Wildman–Crippen LogP) is 4.14. The number of alkyl halides is 1. The van der Waals surface area contributed by atoms with E-state index in [-0.39, 0.29) is 11.4 Å². The zero-order valence-corrected chi connectivity index (χ0v) is 25.2. The molecule has 230 valence electrons. The number of carbonyl (C=O) groups excluding carboxylic acids is 1. The Kier molecular flexibility index (Phi) is 8.68. The maximum absolute atomic E-state index is 16.1. The fraction of sp³-hybridized carbons (Fsp3) is 0.429. The number of hydrogen-bond donors (Lipinski definition) is 3. The largest absolute Gasteiger partial charge is 0.462 e. The monoisotopic (exact) mass is 616 g/mol. The Bertz CT molecular complexity index is 1660. The quantitative estimate of drug-likeness (QED) is 0.164. The standard InChI is InChI=1S/C28H34FN6O7P/c1-16(2)40-26(37)17(3)34-43(38,42-20-12-8-10-18-9-6-7-11-19(18)20)39-13-21-23(36)28(4,29)27(41-21)35-15-33-22-24(30-5)31-14-32-25(22)35/h6-12,14-17,21,23,27,36H,13H2,1-5H3,(H,34,38)(H,30,31,32)/t17-,21+,23+,27+,28+,43+/m0/s1. The number of imidazole rings is 1. The Morgan fingerprint density at radius 2 is 1.93 bits per heavy atom. The summed E-state index contributed by atoms with van der Waals surface area (Å²) in [5.41, 5.74) is -1.65. The maximum Gasteiger partial charge on any atom is 0.459 e. The van der Waals surface area contributed by atoms with Crippen LogP contribution in [-0.4, -0.2) is 74.3 Å². The average molecular weight is 617 g/mol. The van der Waals surface area contributed by atoms with Crippen LogP contribution in [0.2, 0.25) is 0 Å². The molecule has 2 aromatic carbocycles. The number of halogens is 1. The number of fused-ring (bicyclic) bond motifs is 2. The molecule has 13 nitrogen and oxygen atoms in total. The van der Waals surface area contributed by atoms with Gasteiger partial charge in [0.05, 0.1) is 19.0 Å². The van der Waals surface area contributed by atoms with Gasteiger partial charge in [-0.05, 0) is 39.1 Å². The molecule has 4 aromatic rings. The second-order valence-corrected chi connectivity index (χ2v) is 12.3. The molecule has 3 heterocycles. The topological polar surface area (TPSA) is 159 Å². The number of benzene rings is 2. The van der Waals surface area contributed by atoms with Crippen LogP contribution in [0.5, 0.6) is 5.75 Å². The van der Waals surface area contributed by atoms with Crippen molar-refractivity contribution in [3.63, 3.8) is 0 Å². The number of nitrogens with zero attached hydrogens (tertiary/aromatic N) is 4. The molecular weight excluding hydrogens is 582 g/mol. The zero-order valence-electron chi connectivity index (χ0n) is 24.3. The van der Waals surface area contributed by atoms with E-state index in [0.717, 1.165) is 5.39 Å². The number of aliphatic hydroxyl groups is 1. The summed E-state index contributed by atoms with van der Waals surface area (Å²) in [5, 5.41) is 18.0. The Balaban J connectivity index is 1.40. The summed E-state index contributed by atoms with van der Waals surface area (Å²) < 4.78 is 54.4. The van der Waals surface area contributed by atoms with Gasteiger partial charge in [0.25, 0.3) is 0 Å². The number of carbonyl (C=O) groups is 1. The third kappa shape index (κ3) is 6.20. The SMILES string of the molecule is CNc1ncnc2c1ncn2[C@@H]1O[C@H](CO[P@](=O)(N[C@@H](C)C(=O)OC(C)C)Oc2cccc3ccccc23)[C@@H](O)[C@@]1(C)F. The van der Waals surface area contributed by atoms with Gasteiger partial charge < -0.3 is 24.4 Å². The first-order valence-electron chi connectivity index (χ1n) is 13.7. The molecule has 0 radical (unpaired) electrons. The molecule has 1 fully saturated rings. The molecule has 6 atom stereocenters. The van der Waals surface area contributed by atoms with Crippen molar-refractivity contribution in [3.8, 4) is 5.75 Å². The van der Waals surface area contributed by atoms with Gasteiger partial charge in [0.1, 0.15) is 35.8 Å². The number of ether oxygens (including phenoxy) is 2. The fourth-order valence-electron chi connectivity index (χ4n) is 4.85. The van der Waals surface area contributed by atoms with E-state index in [9.17, 15) is 14.5 Å². The summed E-state index contributed by atoms with van der Waals surface area (Å²) in [7, 11) is -2.70. The number of esters is 1. The van der Waals surface area contributed by atoms with Crippen LogP contribution in [0.3, 0.4) is 0 Å². The minimum atomic E-state index is -4.36. The van der Waals surface area contributed by atoms with Crippen LogP contribution in [0, 0.1) is 0 Å². The average Bonchev–Trinajstić information content (AvgIpc) is 3.49. The molecule has 0 bridgehead atoms. The molecule has 1 saturated heterocycles. The molecule has 1 aliphatic rings. The summed E-state index contributed by atoms with van der Waals surface area (Å²) in [6.45, 7) is 5.45. The van der Waals surface area contributed by atoms with Crippen molar-refractivity contribution in [1.29, 1.82) is 0 Å². The molecule has 15 heteroatoms. The first-order valence-corrected chi connectivity index (χ1v) is 15.3. The molecule has 0 spiro atoms. The summed E-state index contributed by atoms with van der Waals surface area (Å²) in [6, 6.07) is 11.4. The van der Waals surface area contributed by atoms with Gasteiger partial charge in [-0.1, -0.05) is 36.4 Å². The van der Waals surface area contributed by atoms with E-state index in [2.05, 4.69) is 25.4 Å². The normalized spacial score (nSPS) is 24.2. The van der Waals surface area contributed by atoms with Crippen LogP contribution < -0.4 is 14.9 Å². The predicted molar refractivity (Wildman–Crippen MR) is 156 cm³/mol. The smallest absolute Gasteiger partial charge is 0.459 e. The Labute approximate surface area is 247 Å². The van der Waals surface area contributed by atoms with Crippen LogP contribution in [0.4, 0.5) is 10.2 Å². The van der Waals surface area contributed by atoms with Gasteiger partial charge in [-0.2, -0.15) is 5.09 Å². The highest BCUT2D eigenvalue weighted by Crippen LogP contribution is 2.49. The fourth-order valence-corrected chi connectivity index (χ4v) is 6.37. The lowest BCUT2D eigenvalue weighted by atomic mass is 9.98. The van der Waals surface area contributed by atoms with Crippen molar-refractivity contribution >= 4 is 41.5 Å². The van der Waals surface area contributed by atoms with E-state index in [0.29, 0.717) is 16.7 Å². The van der Waals surface area contributed by atoms with Gasteiger partial charge in [-0.15, -0.1) is 0 Å². The van der Waals surface area contributed by atoms with E-state index >= 15 is 4.39 Å². The molecule has 2 aromatic heterocycles. The molecule has 3 N–H and O–H groups in total. The second-order valence-electron chi connectivity index (χ2n) is 10.6. The van der Waals surface area contributed by atoms with Crippen molar-refractivity contribution in [1.82, 2.24) is 24.6 Å². The lowest BCUT2D eigenvalue weighted by molar-refractivity contribution is -0.149. The zero-order chi connectivity index (χ0) is 30.9. The highest BCUT2D eigenvalue weighted by Gasteiger charge is 2.56. The lowest BCUT2D eigenvalue weighted by Crippen LogP contribution is -2.41. The molecule has 5 rings (SSSR count). The first kappa shape index (κ1) is 30.8. The Morgan fingerprint density at radius 1 is 1.19 bits per heavy atom. The Morgan fingerprint density at radius 3 is 2.67 bits per heavy atom. The maximum atomic E-state index is 16.1. The summed E-state index contributed by atoms with van der Waals surface area (Å²) in [6.07, 6.45) is -2.11. The molecule has 0 unspecified atom stereocenters. The number of aromatic nitrogens is 4. The third-order valence-electron chi connectivity index (χ3n) is 7.00. The molecule has 0 saturated carbocycles. The van der Waals surface area contributed by atoms with Crippen molar-refractivity contribution in [3.05, 3.63) is 55.1 Å². The van der Waals surface area contributed by atoms with Crippen LogP contribution in [-0.2, 0) is 23.4 Å². The van der Waals surface area contributed by atoms with Gasteiger partial charge in [-0.3, -0.25) is 13.9 Å². The van der Waals surface area contributed by atoms with Gasteiger partial charge in [0, 0.05) is 12.4 Å². The minimum Gasteiger partial charge on any atom is -0.462 e. The van der Waals surface area contributed by atoms with E-state index in [1.807, 2.05) is 18.2 Å². The minimum absolute atomic E-state index is 0.226. The van der Waals surface area contributed by atoms with Gasteiger partial charge in [-0.25, -0.2) is 23.9 Å². The van der Waals surface area contributed by atoms with Crippen molar-refractivity contribution < 1.29 is 37.4 Å². The third-order valence-corrected chi connectivity index (χ3v) is 8.63. The van der Waals surface area contributed by atoms with E-state index in [4.69, 9.17) is 18.5 Å². The van der Waals surface area contributed by atoms with Crippen LogP contribution >= 0.6 is 7.75 Å². The molecule has 0 amide bonds. The van der Waals surface area contributed by atoms with Crippen LogP contribution in [0.1, 0.15) is 33.9 Å². The summed E-state index contributed by atoms with van der Waals surface area (Å²) >= 11 is 0. The van der Waals surface area contributed by atoms with E-state index in [1.165, 1.54) is 31.1 Å².